The fourth-order valence-electron chi connectivity index (χ4n) is 4.07. The highest BCUT2D eigenvalue weighted by atomic mass is 35.5. The number of hydrogen-bond acceptors (Lipinski definition) is 6. The number of amides is 1. The van der Waals surface area contributed by atoms with E-state index in [4.69, 9.17) is 23.2 Å². The molecular formula is C22H27ClN4O2S. The maximum Gasteiger partial charge on any atom is 0.255 e. The average Bonchev–Trinajstić information content (AvgIpc) is 3.39. The number of benzene rings is 1. The van der Waals surface area contributed by atoms with Gasteiger partial charge in [-0.05, 0) is 43.4 Å². The molecule has 5 N–H and O–H groups in total. The fourth-order valence-corrected chi connectivity index (χ4v) is 5.21. The van der Waals surface area contributed by atoms with Gasteiger partial charge in [0.1, 0.15) is 0 Å². The van der Waals surface area contributed by atoms with Gasteiger partial charge in [0.25, 0.3) is 5.91 Å². The van der Waals surface area contributed by atoms with E-state index >= 15 is 0 Å². The monoisotopic (exact) mass is 446 g/mol. The van der Waals surface area contributed by atoms with Crippen LogP contribution < -0.4 is 11.6 Å². The van der Waals surface area contributed by atoms with Crippen LogP contribution in [0, 0.1) is 0 Å². The molecule has 0 bridgehead atoms. The van der Waals surface area contributed by atoms with Crippen LogP contribution in [0.15, 0.2) is 47.0 Å². The summed E-state index contributed by atoms with van der Waals surface area (Å²) in [7, 11) is 0. The molecule has 30 heavy (non-hydrogen) atoms. The van der Waals surface area contributed by atoms with Crippen molar-refractivity contribution in [3.8, 4) is 0 Å². The Morgan fingerprint density at radius 1 is 1.40 bits per heavy atom. The Morgan fingerprint density at radius 2 is 2.13 bits per heavy atom. The van der Waals surface area contributed by atoms with Crippen molar-refractivity contribution < 1.29 is 9.90 Å². The number of thiophene rings is 1. The summed E-state index contributed by atoms with van der Waals surface area (Å²) in [4.78, 5) is 16.2. The Balaban J connectivity index is 1.81. The Hall–Kier alpha value is -2.35. The molecule has 1 aliphatic rings. The van der Waals surface area contributed by atoms with Gasteiger partial charge in [-0.1, -0.05) is 36.7 Å². The van der Waals surface area contributed by atoms with Crippen molar-refractivity contribution in [1.29, 1.82) is 0 Å². The number of hydrazone groups is 1. The summed E-state index contributed by atoms with van der Waals surface area (Å²) in [5, 5.41) is 16.7. The number of carbonyl (C=O) groups excluding carboxylic acids is 1. The number of nitrogens with zero attached hydrogens (tertiary/aromatic N) is 2. The first-order valence-electron chi connectivity index (χ1n) is 9.99. The van der Waals surface area contributed by atoms with Crippen molar-refractivity contribution in [1.82, 2.24) is 4.90 Å². The first-order valence-corrected chi connectivity index (χ1v) is 11.2. The van der Waals surface area contributed by atoms with Gasteiger partial charge >= 0.3 is 0 Å². The molecule has 1 fully saturated rings. The van der Waals surface area contributed by atoms with E-state index in [1.165, 1.54) is 23.8 Å². The number of rotatable bonds is 7. The van der Waals surface area contributed by atoms with Gasteiger partial charge in [-0.2, -0.15) is 5.10 Å². The summed E-state index contributed by atoms with van der Waals surface area (Å²) < 4.78 is 0. The summed E-state index contributed by atoms with van der Waals surface area (Å²) in [6.45, 7) is 2.09. The maximum absolute atomic E-state index is 13.4. The molecule has 1 saturated heterocycles. The highest BCUT2D eigenvalue weighted by Gasteiger charge is 2.37. The first kappa shape index (κ1) is 22.3. The second-order valence-corrected chi connectivity index (χ2v) is 8.70. The van der Waals surface area contributed by atoms with Crippen LogP contribution in [0.5, 0.6) is 0 Å². The van der Waals surface area contributed by atoms with E-state index in [1.807, 2.05) is 34.5 Å². The van der Waals surface area contributed by atoms with E-state index in [0.717, 1.165) is 24.1 Å². The Morgan fingerprint density at radius 3 is 2.80 bits per heavy atom. The van der Waals surface area contributed by atoms with Crippen LogP contribution in [0.3, 0.4) is 0 Å². The minimum absolute atomic E-state index is 0.0285. The van der Waals surface area contributed by atoms with E-state index in [0.29, 0.717) is 28.1 Å². The van der Waals surface area contributed by atoms with Gasteiger partial charge in [-0.25, -0.2) is 0 Å². The lowest BCUT2D eigenvalue weighted by Crippen LogP contribution is -2.41. The van der Waals surface area contributed by atoms with Crippen LogP contribution in [0.1, 0.15) is 59.5 Å². The zero-order chi connectivity index (χ0) is 21.7. The second-order valence-electron chi connectivity index (χ2n) is 7.38. The fraction of sp³-hybridized carbons (Fsp3) is 0.364. The van der Waals surface area contributed by atoms with Crippen molar-refractivity contribution in [3.63, 3.8) is 0 Å². The lowest BCUT2D eigenvalue weighted by molar-refractivity contribution is 0.0584. The third-order valence-electron chi connectivity index (χ3n) is 5.61. The largest absolute Gasteiger partial charge is 0.404 e. The normalized spacial score (nSPS) is 20.8. The molecule has 8 heteroatoms. The molecule has 3 unspecified atom stereocenters. The summed E-state index contributed by atoms with van der Waals surface area (Å²) in [5.74, 6) is 5.21. The molecular weight excluding hydrogens is 420 g/mol. The maximum atomic E-state index is 13.4. The van der Waals surface area contributed by atoms with Crippen LogP contribution >= 0.6 is 22.9 Å². The zero-order valence-electron chi connectivity index (χ0n) is 16.9. The highest BCUT2D eigenvalue weighted by molar-refractivity contribution is 7.11. The molecule has 0 spiro atoms. The molecule has 1 aromatic heterocycles. The van der Waals surface area contributed by atoms with Crippen LogP contribution in [0.2, 0.25) is 5.02 Å². The van der Waals surface area contributed by atoms with Gasteiger partial charge in [0.2, 0.25) is 0 Å². The minimum Gasteiger partial charge on any atom is -0.404 e. The standard InChI is InChI=1S/C22H27ClN4O2S/c1-2-16-7-8-17(10-20(28)18-5-3-4-6-19(18)23)27(16)22(29)14-9-21(30-13-14)15(11-24)12-26-25/h3-6,9,11-13,16-17,20,28H,2,7-8,10,24-25H2,1H3. The lowest BCUT2D eigenvalue weighted by Gasteiger charge is -2.31. The zero-order valence-corrected chi connectivity index (χ0v) is 18.4. The number of aliphatic hydroxyl groups is 1. The van der Waals surface area contributed by atoms with E-state index in [-0.39, 0.29) is 18.0 Å². The topological polar surface area (TPSA) is 105 Å². The summed E-state index contributed by atoms with van der Waals surface area (Å²) >= 11 is 7.68. The van der Waals surface area contributed by atoms with E-state index in [2.05, 4.69) is 12.0 Å². The Kier molecular flexibility index (Phi) is 7.53. The predicted octanol–water partition coefficient (Wildman–Crippen LogP) is 4.15. The van der Waals surface area contributed by atoms with Crippen LogP contribution in [0.4, 0.5) is 0 Å². The molecule has 2 heterocycles. The van der Waals surface area contributed by atoms with Crippen molar-refractivity contribution in [3.05, 3.63) is 62.9 Å². The molecule has 3 atom stereocenters. The third-order valence-corrected chi connectivity index (χ3v) is 6.93. The molecule has 1 amide bonds. The molecule has 1 aliphatic heterocycles. The van der Waals surface area contributed by atoms with Crippen molar-refractivity contribution >= 4 is 40.6 Å². The Bertz CT molecular complexity index is 943. The smallest absolute Gasteiger partial charge is 0.255 e. The number of hydrogen-bond donors (Lipinski definition) is 3. The SMILES string of the molecule is CCC1CCC(CC(O)c2ccccc2Cl)N1C(=O)c1csc(C(C=NN)=CN)c1. The van der Waals surface area contributed by atoms with Crippen molar-refractivity contribution in [2.45, 2.75) is 50.8 Å². The summed E-state index contributed by atoms with van der Waals surface area (Å²) in [6.07, 6.45) is 5.27. The van der Waals surface area contributed by atoms with Gasteiger partial charge in [0.05, 0.1) is 17.9 Å². The molecule has 2 aromatic rings. The van der Waals surface area contributed by atoms with Gasteiger partial charge < -0.3 is 21.6 Å². The predicted molar refractivity (Wildman–Crippen MR) is 123 cm³/mol. The Labute approximate surface area is 185 Å². The molecule has 3 rings (SSSR count). The van der Waals surface area contributed by atoms with E-state index < -0.39 is 6.10 Å². The minimum atomic E-state index is -0.722. The quantitative estimate of drug-likeness (QED) is 0.337. The number of halogens is 1. The number of nitrogens with two attached hydrogens (primary N) is 2. The van der Waals surface area contributed by atoms with E-state index in [9.17, 15) is 9.90 Å². The van der Waals surface area contributed by atoms with Crippen LogP contribution in [-0.2, 0) is 0 Å². The molecule has 0 saturated carbocycles. The first-order chi connectivity index (χ1) is 14.5. The molecule has 0 radical (unpaired) electrons. The highest BCUT2D eigenvalue weighted by Crippen LogP contribution is 2.36. The van der Waals surface area contributed by atoms with Gasteiger partial charge in [-0.15, -0.1) is 11.3 Å². The summed E-state index contributed by atoms with van der Waals surface area (Å²) in [6, 6.07) is 9.22. The van der Waals surface area contributed by atoms with Gasteiger partial charge in [0, 0.05) is 39.1 Å². The number of aliphatic hydroxyl groups excluding tert-OH is 1. The molecule has 160 valence electrons. The number of carbonyl (C=O) groups is 1. The van der Waals surface area contributed by atoms with Crippen molar-refractivity contribution in [2.24, 2.45) is 16.7 Å². The molecule has 0 aliphatic carbocycles. The second kappa shape index (κ2) is 10.1. The summed E-state index contributed by atoms with van der Waals surface area (Å²) in [5.41, 5.74) is 7.62. The van der Waals surface area contributed by atoms with E-state index in [1.54, 1.807) is 6.07 Å². The van der Waals surface area contributed by atoms with Crippen LogP contribution in [0.25, 0.3) is 5.57 Å². The van der Waals surface area contributed by atoms with Gasteiger partial charge in [0.15, 0.2) is 0 Å². The molecule has 6 nitrogen and oxygen atoms in total. The van der Waals surface area contributed by atoms with Crippen LogP contribution in [-0.4, -0.2) is 34.2 Å². The molecule has 1 aromatic carbocycles. The van der Waals surface area contributed by atoms with Gasteiger partial charge in [-0.3, -0.25) is 4.79 Å². The average molecular weight is 447 g/mol. The van der Waals surface area contributed by atoms with Crippen molar-refractivity contribution in [2.75, 3.05) is 0 Å². The third kappa shape index (κ3) is 4.69. The number of allylic oxidation sites excluding steroid dienone is 1. The number of likely N-dealkylation sites (tertiary alicyclic amines) is 1. The lowest BCUT2D eigenvalue weighted by atomic mass is 10.00.